The monoisotopic (exact) mass is 542 g/mol. The van der Waals surface area contributed by atoms with Gasteiger partial charge in [0.05, 0.1) is 26.3 Å². The van der Waals surface area contributed by atoms with Crippen LogP contribution < -0.4 is 20.1 Å². The molecule has 2 aromatic heterocycles. The number of alkyl carbamates (subject to hydrolysis) is 1. The van der Waals surface area contributed by atoms with Gasteiger partial charge in [-0.3, -0.25) is 0 Å². The first-order valence-corrected chi connectivity index (χ1v) is 16.6. The highest BCUT2D eigenvalue weighted by Gasteiger charge is 2.19. The van der Waals surface area contributed by atoms with Crippen LogP contribution in [0.15, 0.2) is 36.5 Å². The third-order valence-corrected chi connectivity index (χ3v) is 7.59. The highest BCUT2D eigenvalue weighted by molar-refractivity contribution is 6.76. The molecule has 0 radical (unpaired) electrons. The van der Waals surface area contributed by atoms with Crippen LogP contribution in [0.2, 0.25) is 25.7 Å². The number of methoxy groups -OCH3 is 2. The highest BCUT2D eigenvalue weighted by Crippen LogP contribution is 2.29. The van der Waals surface area contributed by atoms with Gasteiger partial charge in [-0.15, -0.1) is 0 Å². The molecule has 0 saturated heterocycles. The molecular formula is C28H42N4O5Si. The number of aromatic nitrogens is 2. The molecule has 1 aromatic carbocycles. The molecule has 3 rings (SSSR count). The number of hydrogen-bond acceptors (Lipinski definition) is 7. The summed E-state index contributed by atoms with van der Waals surface area (Å²) in [6.45, 7) is 14.4. The van der Waals surface area contributed by atoms with Crippen LogP contribution in [-0.2, 0) is 29.3 Å². The lowest BCUT2D eigenvalue weighted by Gasteiger charge is -2.20. The van der Waals surface area contributed by atoms with E-state index in [0.29, 0.717) is 26.4 Å². The topological polar surface area (TPSA) is 95.9 Å². The van der Waals surface area contributed by atoms with Crippen LogP contribution in [0.3, 0.4) is 0 Å². The van der Waals surface area contributed by atoms with Crippen LogP contribution in [0.25, 0.3) is 10.9 Å². The first-order valence-electron chi connectivity index (χ1n) is 12.9. The minimum Gasteiger partial charge on any atom is -0.497 e. The molecule has 0 atom stereocenters. The van der Waals surface area contributed by atoms with Gasteiger partial charge in [-0.05, 0) is 51.1 Å². The van der Waals surface area contributed by atoms with Crippen molar-refractivity contribution in [3.05, 3.63) is 47.8 Å². The van der Waals surface area contributed by atoms with E-state index in [1.165, 1.54) is 0 Å². The van der Waals surface area contributed by atoms with E-state index in [1.54, 1.807) is 20.4 Å². The number of nitrogens with zero attached hydrogens (tertiary/aromatic N) is 2. The Bertz CT molecular complexity index is 1230. The quantitative estimate of drug-likeness (QED) is 0.214. The summed E-state index contributed by atoms with van der Waals surface area (Å²) in [5, 5.41) is 7.26. The fourth-order valence-corrected chi connectivity index (χ4v) is 4.62. The molecule has 1 amide bonds. The van der Waals surface area contributed by atoms with Gasteiger partial charge in [0.15, 0.2) is 0 Å². The first kappa shape index (κ1) is 29.3. The Hall–Kier alpha value is -3.24. The van der Waals surface area contributed by atoms with Gasteiger partial charge in [-0.2, -0.15) is 0 Å². The number of carbonyl (C=O) groups excluding carboxylic acids is 1. The van der Waals surface area contributed by atoms with Crippen molar-refractivity contribution in [2.75, 3.05) is 26.1 Å². The van der Waals surface area contributed by atoms with E-state index >= 15 is 0 Å². The molecule has 10 heteroatoms. The largest absolute Gasteiger partial charge is 0.497 e. The third-order valence-electron chi connectivity index (χ3n) is 5.89. The standard InChI is InChI=1S/C28H42N4O5Si/c1-28(2,3)37-27(33)31-18-21-15-23-24(32(21)19-36-13-14-38(6,7)8)11-12-29-26(23)30-17-20-9-10-22(34-4)16-25(20)35-5/h9-12,15-16H,13-14,17-19H2,1-8H3,(H,29,30)(H,31,33). The molecule has 9 nitrogen and oxygen atoms in total. The molecule has 0 aliphatic rings. The van der Waals surface area contributed by atoms with Crippen molar-refractivity contribution in [2.45, 2.75) is 71.9 Å². The van der Waals surface area contributed by atoms with Crippen molar-refractivity contribution in [3.8, 4) is 11.5 Å². The number of ether oxygens (including phenoxy) is 4. The van der Waals surface area contributed by atoms with Crippen LogP contribution in [0.4, 0.5) is 10.6 Å². The maximum absolute atomic E-state index is 12.3. The number of nitrogens with one attached hydrogen (secondary N) is 2. The van der Waals surface area contributed by atoms with Gasteiger partial charge in [0.2, 0.25) is 0 Å². The minimum absolute atomic E-state index is 0.298. The Morgan fingerprint density at radius 1 is 1.05 bits per heavy atom. The van der Waals surface area contributed by atoms with Crippen molar-refractivity contribution in [1.82, 2.24) is 14.9 Å². The second-order valence-corrected chi connectivity index (χ2v) is 17.0. The predicted octanol–water partition coefficient (Wildman–Crippen LogP) is 6.00. The normalized spacial score (nSPS) is 11.9. The zero-order valence-corrected chi connectivity index (χ0v) is 24.9. The summed E-state index contributed by atoms with van der Waals surface area (Å²) in [5.41, 5.74) is 2.28. The lowest BCUT2D eigenvalue weighted by molar-refractivity contribution is 0.0518. The van der Waals surface area contributed by atoms with Crippen LogP contribution in [0.5, 0.6) is 11.5 Å². The number of rotatable bonds is 12. The highest BCUT2D eigenvalue weighted by atomic mass is 28.3. The summed E-state index contributed by atoms with van der Waals surface area (Å²) >= 11 is 0. The fourth-order valence-electron chi connectivity index (χ4n) is 3.87. The molecule has 0 saturated carbocycles. The summed E-state index contributed by atoms with van der Waals surface area (Å²) in [4.78, 5) is 16.9. The second kappa shape index (κ2) is 12.5. The van der Waals surface area contributed by atoms with Gasteiger partial charge in [-0.25, -0.2) is 9.78 Å². The number of carbonyl (C=O) groups is 1. The molecule has 0 aliphatic carbocycles. The van der Waals surface area contributed by atoms with Crippen molar-refractivity contribution in [3.63, 3.8) is 0 Å². The van der Waals surface area contributed by atoms with E-state index in [0.717, 1.165) is 45.5 Å². The Balaban J connectivity index is 1.85. The van der Waals surface area contributed by atoms with E-state index in [-0.39, 0.29) is 0 Å². The molecule has 208 valence electrons. The summed E-state index contributed by atoms with van der Waals surface area (Å²) < 4.78 is 24.5. The predicted molar refractivity (Wildman–Crippen MR) is 154 cm³/mol. The van der Waals surface area contributed by atoms with Crippen LogP contribution in [0.1, 0.15) is 32.0 Å². The Kier molecular flexibility index (Phi) is 9.67. The average molecular weight is 543 g/mol. The lowest BCUT2D eigenvalue weighted by atomic mass is 10.2. The average Bonchev–Trinajstić information content (AvgIpc) is 3.20. The van der Waals surface area contributed by atoms with Crippen molar-refractivity contribution in [1.29, 1.82) is 0 Å². The third kappa shape index (κ3) is 8.39. The van der Waals surface area contributed by atoms with Crippen LogP contribution in [-0.4, -0.2) is 50.1 Å². The Morgan fingerprint density at radius 3 is 2.47 bits per heavy atom. The van der Waals surface area contributed by atoms with Gasteiger partial charge in [-0.1, -0.05) is 19.6 Å². The lowest BCUT2D eigenvalue weighted by Crippen LogP contribution is -2.32. The number of pyridine rings is 1. The Morgan fingerprint density at radius 2 is 1.82 bits per heavy atom. The summed E-state index contributed by atoms with van der Waals surface area (Å²) in [6, 6.07) is 10.8. The maximum atomic E-state index is 12.3. The Labute approximate surface area is 226 Å². The van der Waals surface area contributed by atoms with E-state index in [9.17, 15) is 4.79 Å². The van der Waals surface area contributed by atoms with E-state index < -0.39 is 19.8 Å². The van der Waals surface area contributed by atoms with Crippen molar-refractivity contribution < 1.29 is 23.7 Å². The van der Waals surface area contributed by atoms with Crippen LogP contribution in [0, 0.1) is 0 Å². The summed E-state index contributed by atoms with van der Waals surface area (Å²) in [6.07, 6.45) is 1.32. The molecule has 0 bridgehead atoms. The van der Waals surface area contributed by atoms with Crippen molar-refractivity contribution in [2.24, 2.45) is 0 Å². The first-order chi connectivity index (χ1) is 17.9. The van der Waals surface area contributed by atoms with E-state index in [1.807, 2.05) is 51.1 Å². The van der Waals surface area contributed by atoms with E-state index in [2.05, 4.69) is 39.8 Å². The number of hydrogen-bond donors (Lipinski definition) is 2. The van der Waals surface area contributed by atoms with Gasteiger partial charge in [0, 0.05) is 50.1 Å². The van der Waals surface area contributed by atoms with Gasteiger partial charge in [0.1, 0.15) is 29.6 Å². The SMILES string of the molecule is COc1ccc(CNc2nccc3c2cc(CNC(=O)OC(C)(C)C)n3COCC[Si](C)(C)C)c(OC)c1. The second-order valence-electron chi connectivity index (χ2n) is 11.4. The molecule has 38 heavy (non-hydrogen) atoms. The van der Waals surface area contributed by atoms with Gasteiger partial charge in [0.25, 0.3) is 0 Å². The van der Waals surface area contributed by atoms with E-state index in [4.69, 9.17) is 18.9 Å². The minimum atomic E-state index is -1.21. The number of amides is 1. The molecule has 2 heterocycles. The van der Waals surface area contributed by atoms with Crippen LogP contribution >= 0.6 is 0 Å². The molecule has 0 unspecified atom stereocenters. The summed E-state index contributed by atoms with van der Waals surface area (Å²) in [7, 11) is 2.06. The zero-order valence-electron chi connectivity index (χ0n) is 23.9. The number of benzene rings is 1. The molecule has 0 aliphatic heterocycles. The number of anilines is 1. The number of fused-ring (bicyclic) bond motifs is 1. The molecule has 0 fully saturated rings. The molecule has 0 spiro atoms. The summed E-state index contributed by atoms with van der Waals surface area (Å²) in [5.74, 6) is 2.21. The van der Waals surface area contributed by atoms with Gasteiger partial charge < -0.3 is 34.1 Å². The van der Waals surface area contributed by atoms with Crippen molar-refractivity contribution >= 4 is 30.9 Å². The smallest absolute Gasteiger partial charge is 0.407 e. The molecule has 3 aromatic rings. The zero-order chi connectivity index (χ0) is 27.9. The molecule has 2 N–H and O–H groups in total. The fraction of sp³-hybridized carbons (Fsp3) is 0.500. The molecular weight excluding hydrogens is 500 g/mol. The van der Waals surface area contributed by atoms with Gasteiger partial charge >= 0.3 is 6.09 Å². The maximum Gasteiger partial charge on any atom is 0.407 e.